The van der Waals surface area contributed by atoms with Crippen LogP contribution >= 0.6 is 0 Å². The van der Waals surface area contributed by atoms with Crippen LogP contribution < -0.4 is 0 Å². The molecule has 0 aliphatic heterocycles. The second-order valence-corrected chi connectivity index (χ2v) is 10.5. The van der Waals surface area contributed by atoms with Crippen LogP contribution in [0.3, 0.4) is 0 Å². The average molecular weight is 218 g/mol. The van der Waals surface area contributed by atoms with Gasteiger partial charge >= 0.3 is 63.3 Å². The van der Waals surface area contributed by atoms with E-state index in [1.54, 1.807) is 0 Å². The van der Waals surface area contributed by atoms with Gasteiger partial charge in [0.05, 0.1) is 0 Å². The second kappa shape index (κ2) is 14.6. The first-order valence-corrected chi connectivity index (χ1v) is 9.89. The molecule has 0 bridgehead atoms. The summed E-state index contributed by atoms with van der Waals surface area (Å²) in [5.41, 5.74) is 0. The highest BCUT2D eigenvalue weighted by atomic mass is 27.2. The zero-order valence-electron chi connectivity index (χ0n) is 8.52. The molecule has 2 nitrogen and oxygen atoms in total. The van der Waals surface area contributed by atoms with Crippen LogP contribution in [0.15, 0.2) is 0 Å². The highest BCUT2D eigenvalue weighted by Crippen LogP contribution is 1.86. The first-order chi connectivity index (χ1) is 5.22. The van der Waals surface area contributed by atoms with Crippen molar-refractivity contribution in [2.24, 2.45) is 0 Å². The molecule has 0 rings (SSSR count). The minimum absolute atomic E-state index is 0.00617. The summed E-state index contributed by atoms with van der Waals surface area (Å²) < 4.78 is 10.1. The molecular formula is C5H18Al4O2. The molecule has 0 aromatic heterocycles. The number of hydrogen-bond donors (Lipinski definition) is 0. The normalized spacial score (nSPS) is 7.91. The van der Waals surface area contributed by atoms with E-state index in [-0.39, 0.29) is 15.6 Å². The van der Waals surface area contributed by atoms with Crippen molar-refractivity contribution in [2.45, 2.75) is 30.2 Å². The van der Waals surface area contributed by atoms with Crippen LogP contribution in [0.5, 0.6) is 0 Å². The number of rotatable bonds is 4. The van der Waals surface area contributed by atoms with E-state index in [9.17, 15) is 0 Å². The fraction of sp³-hybridized carbons (Fsp3) is 1.00. The lowest BCUT2D eigenvalue weighted by atomic mass is 11.0. The molecule has 0 heterocycles. The lowest BCUT2D eigenvalue weighted by molar-refractivity contribution is 0.638. The van der Waals surface area contributed by atoms with Gasteiger partial charge < -0.3 is 5.68 Å². The third-order valence-electron chi connectivity index (χ3n) is 1.39. The molecule has 0 N–H and O–H groups in total. The topological polar surface area (TPSA) is 18.5 Å². The van der Waals surface area contributed by atoms with E-state index in [0.29, 0.717) is 0 Å². The van der Waals surface area contributed by atoms with Crippen molar-refractivity contribution in [3.8, 4) is 0 Å². The van der Waals surface area contributed by atoms with Gasteiger partial charge in [-0.2, -0.15) is 0 Å². The predicted octanol–water partition coefficient (Wildman–Crippen LogP) is -0.467. The molecule has 0 saturated heterocycles. The highest BCUT2D eigenvalue weighted by molar-refractivity contribution is 6.53. The summed E-state index contributed by atoms with van der Waals surface area (Å²) in [6.45, 7) is 4.36. The maximum Gasteiger partial charge on any atom is 0.426 e. The SMILES string of the molecule is C[CH2][AlH][O][AlH2].C[CH2][Al]([CH3])[O][AlH2]. The van der Waals surface area contributed by atoms with Crippen LogP contribution in [0.1, 0.15) is 13.8 Å². The molecule has 0 aromatic carbocycles. The van der Waals surface area contributed by atoms with Gasteiger partial charge in [0.25, 0.3) is 0 Å². The van der Waals surface area contributed by atoms with E-state index in [4.69, 9.17) is 5.68 Å². The summed E-state index contributed by atoms with van der Waals surface area (Å²) >= 11 is 1.30. The largest absolute Gasteiger partial charge is 0.644 e. The molecule has 0 radical (unpaired) electrons. The van der Waals surface area contributed by atoms with Crippen molar-refractivity contribution in [1.29, 1.82) is 0 Å². The van der Waals surface area contributed by atoms with Crippen molar-refractivity contribution < 1.29 is 5.68 Å². The molecule has 62 valence electrons. The number of hydrogen-bond acceptors (Lipinski definition) is 2. The van der Waals surface area contributed by atoms with Gasteiger partial charge in [-0.1, -0.05) is 30.2 Å². The Morgan fingerprint density at radius 2 is 1.91 bits per heavy atom. The smallest absolute Gasteiger partial charge is 0.426 e. The van der Waals surface area contributed by atoms with Crippen LogP contribution in [0.4, 0.5) is 0 Å². The van der Waals surface area contributed by atoms with Crippen molar-refractivity contribution in [3.05, 3.63) is 0 Å². The lowest BCUT2D eigenvalue weighted by Crippen LogP contribution is -2.07. The molecule has 0 fully saturated rings. The van der Waals surface area contributed by atoms with E-state index in [1.165, 1.54) is 10.6 Å². The summed E-state index contributed by atoms with van der Waals surface area (Å²) in [6, 6.07) is 0. The standard InChI is InChI=1S/2C2H5.CH3.4Al.2O.5H/c2*1-2;;;;;;;;;;;;/h2*1H2,2H3;1H3;;;;;;;;;;;. The Balaban J connectivity index is 0. The zero-order chi connectivity index (χ0) is 9.11. The summed E-state index contributed by atoms with van der Waals surface area (Å²) in [5, 5.41) is 2.58. The molecule has 11 heavy (non-hydrogen) atoms. The second-order valence-electron chi connectivity index (χ2n) is 2.45. The monoisotopic (exact) mass is 218 g/mol. The van der Waals surface area contributed by atoms with E-state index in [2.05, 4.69) is 19.6 Å². The van der Waals surface area contributed by atoms with Gasteiger partial charge in [-0.3, -0.25) is 0 Å². The first-order valence-electron chi connectivity index (χ1n) is 4.24. The van der Waals surface area contributed by atoms with Crippen molar-refractivity contribution >= 4 is 63.3 Å². The van der Waals surface area contributed by atoms with Crippen LogP contribution in [0.2, 0.25) is 16.4 Å². The Bertz CT molecular complexity index is 58.4. The van der Waals surface area contributed by atoms with Crippen molar-refractivity contribution in [2.75, 3.05) is 0 Å². The molecule has 0 amide bonds. The summed E-state index contributed by atoms with van der Waals surface area (Å²) in [4.78, 5) is 0. The van der Waals surface area contributed by atoms with Gasteiger partial charge in [0.15, 0.2) is 0 Å². The summed E-state index contributed by atoms with van der Waals surface area (Å²) in [7, 11) is 0. The fourth-order valence-corrected chi connectivity index (χ4v) is 3.34. The van der Waals surface area contributed by atoms with Crippen molar-refractivity contribution in [3.63, 3.8) is 0 Å². The van der Waals surface area contributed by atoms with E-state index in [0.717, 1.165) is 33.2 Å². The van der Waals surface area contributed by atoms with E-state index in [1.807, 2.05) is 0 Å². The van der Waals surface area contributed by atoms with Gasteiger partial charge in [0.1, 0.15) is 0 Å². The Kier molecular flexibility index (Phi) is 20.6. The summed E-state index contributed by atoms with van der Waals surface area (Å²) in [6.07, 6.45) is 0. The molecule has 0 aliphatic carbocycles. The molecule has 0 unspecified atom stereocenters. The average Bonchev–Trinajstić information content (AvgIpc) is 2.06. The van der Waals surface area contributed by atoms with Gasteiger partial charge in [-0.15, -0.1) is 0 Å². The minimum atomic E-state index is -0.599. The maximum atomic E-state index is 5.18. The molecular weight excluding hydrogens is 200 g/mol. The van der Waals surface area contributed by atoms with Gasteiger partial charge in [0.2, 0.25) is 0 Å². The Hall–Kier alpha value is 2.05. The molecule has 0 aromatic rings. The molecule has 0 atom stereocenters. The summed E-state index contributed by atoms with van der Waals surface area (Å²) in [5.74, 6) is 2.23. The van der Waals surface area contributed by atoms with E-state index >= 15 is 0 Å². The first kappa shape index (κ1) is 15.5. The molecule has 0 aliphatic rings. The molecule has 6 heteroatoms. The minimum Gasteiger partial charge on any atom is -0.644 e. The Morgan fingerprint density at radius 3 is 1.91 bits per heavy atom. The van der Waals surface area contributed by atoms with Crippen LogP contribution in [-0.2, 0) is 5.68 Å². The Morgan fingerprint density at radius 1 is 1.36 bits per heavy atom. The van der Waals surface area contributed by atoms with Gasteiger partial charge in [-0.25, -0.2) is 0 Å². The van der Waals surface area contributed by atoms with Crippen LogP contribution in [-0.4, -0.2) is 63.3 Å². The lowest BCUT2D eigenvalue weighted by Gasteiger charge is -1.96. The molecule has 0 spiro atoms. The zero-order valence-corrected chi connectivity index (χ0v) is 15.1. The molecule has 0 saturated carbocycles. The van der Waals surface area contributed by atoms with Gasteiger partial charge in [0, 0.05) is 0 Å². The quantitative estimate of drug-likeness (QED) is 0.594. The third-order valence-corrected chi connectivity index (χ3v) is 7.80. The van der Waals surface area contributed by atoms with Gasteiger partial charge in [-0.05, 0) is 0 Å². The van der Waals surface area contributed by atoms with Crippen LogP contribution in [0.25, 0.3) is 0 Å². The fourth-order valence-electron chi connectivity index (χ4n) is 0.371. The predicted molar refractivity (Wildman–Crippen MR) is 59.0 cm³/mol. The Labute approximate surface area is 98.3 Å². The highest BCUT2D eigenvalue weighted by Gasteiger charge is 2.02. The third kappa shape index (κ3) is 18.8. The van der Waals surface area contributed by atoms with Crippen LogP contribution in [0, 0.1) is 0 Å². The maximum absolute atomic E-state index is 5.18. The van der Waals surface area contributed by atoms with Crippen molar-refractivity contribution in [1.82, 2.24) is 0 Å². The van der Waals surface area contributed by atoms with E-state index < -0.39 is 14.5 Å².